The van der Waals surface area contributed by atoms with Crippen molar-refractivity contribution in [1.82, 2.24) is 0 Å². The van der Waals surface area contributed by atoms with Crippen molar-refractivity contribution >= 4 is 0 Å². The second-order valence-electron chi connectivity index (χ2n) is 2.90. The smallest absolute Gasteiger partial charge is 0.200 e. The number of benzene rings is 1. The molecule has 1 aromatic carbocycles. The van der Waals surface area contributed by atoms with E-state index in [-0.39, 0.29) is 24.3 Å². The van der Waals surface area contributed by atoms with Crippen molar-refractivity contribution in [2.24, 2.45) is 5.90 Å². The fourth-order valence-electron chi connectivity index (χ4n) is 1.20. The molecule has 0 atom stereocenters. The van der Waals surface area contributed by atoms with Gasteiger partial charge in [-0.15, -0.1) is 0 Å². The maximum absolute atomic E-state index is 13.4. The molecule has 0 aliphatic heterocycles. The highest BCUT2D eigenvalue weighted by Gasteiger charge is 2.13. The van der Waals surface area contributed by atoms with Gasteiger partial charge in [-0.1, -0.05) is 6.07 Å². The number of ether oxygens (including phenoxy) is 1. The summed E-state index contributed by atoms with van der Waals surface area (Å²) >= 11 is 0. The van der Waals surface area contributed by atoms with Crippen molar-refractivity contribution < 1.29 is 18.4 Å². The highest BCUT2D eigenvalue weighted by molar-refractivity contribution is 5.31. The maximum atomic E-state index is 13.4. The van der Waals surface area contributed by atoms with E-state index in [2.05, 4.69) is 4.84 Å². The lowest BCUT2D eigenvalue weighted by molar-refractivity contribution is 0.140. The summed E-state index contributed by atoms with van der Waals surface area (Å²) in [5, 5.41) is 0. The van der Waals surface area contributed by atoms with Crippen LogP contribution in [0.15, 0.2) is 12.1 Å². The molecule has 0 radical (unpaired) electrons. The first kappa shape index (κ1) is 11.9. The van der Waals surface area contributed by atoms with Gasteiger partial charge in [0, 0.05) is 6.42 Å². The van der Waals surface area contributed by atoms with Gasteiger partial charge in [0.05, 0.1) is 13.2 Å². The molecule has 0 bridgehead atoms. The number of hydrogen-bond acceptors (Lipinski definition) is 3. The van der Waals surface area contributed by atoms with Crippen LogP contribution in [0.1, 0.15) is 12.5 Å². The zero-order valence-corrected chi connectivity index (χ0v) is 8.43. The summed E-state index contributed by atoms with van der Waals surface area (Å²) in [6, 6.07) is 2.86. The zero-order valence-electron chi connectivity index (χ0n) is 8.43. The van der Waals surface area contributed by atoms with Crippen molar-refractivity contribution in [3.63, 3.8) is 0 Å². The lowest BCUT2D eigenvalue weighted by Crippen LogP contribution is -2.06. The Bertz CT molecular complexity index is 331. The van der Waals surface area contributed by atoms with E-state index in [1.54, 1.807) is 6.92 Å². The summed E-state index contributed by atoms with van der Waals surface area (Å²) < 4.78 is 31.6. The molecule has 5 heteroatoms. The van der Waals surface area contributed by atoms with E-state index in [4.69, 9.17) is 10.6 Å². The van der Waals surface area contributed by atoms with Crippen molar-refractivity contribution in [3.8, 4) is 5.75 Å². The van der Waals surface area contributed by atoms with Crippen LogP contribution < -0.4 is 10.6 Å². The van der Waals surface area contributed by atoms with Crippen LogP contribution in [0.4, 0.5) is 8.78 Å². The second-order valence-corrected chi connectivity index (χ2v) is 2.90. The van der Waals surface area contributed by atoms with Crippen LogP contribution in [0.25, 0.3) is 0 Å². The highest BCUT2D eigenvalue weighted by atomic mass is 19.2. The first-order valence-electron chi connectivity index (χ1n) is 4.62. The molecule has 0 aliphatic rings. The topological polar surface area (TPSA) is 44.5 Å². The van der Waals surface area contributed by atoms with E-state index in [9.17, 15) is 8.78 Å². The van der Waals surface area contributed by atoms with Crippen molar-refractivity contribution in [3.05, 3.63) is 29.3 Å². The molecule has 0 spiro atoms. The third-order valence-electron chi connectivity index (χ3n) is 1.92. The Morgan fingerprint density at radius 3 is 2.60 bits per heavy atom. The van der Waals surface area contributed by atoms with Crippen LogP contribution in [0.2, 0.25) is 0 Å². The average molecular weight is 217 g/mol. The van der Waals surface area contributed by atoms with Crippen LogP contribution in [-0.2, 0) is 11.3 Å². The lowest BCUT2D eigenvalue weighted by Gasteiger charge is -2.08. The summed E-state index contributed by atoms with van der Waals surface area (Å²) in [5.41, 5.74) is 0.224. The fourth-order valence-corrected chi connectivity index (χ4v) is 1.20. The quantitative estimate of drug-likeness (QED) is 0.765. The van der Waals surface area contributed by atoms with E-state index in [1.807, 2.05) is 0 Å². The Hall–Kier alpha value is -1.20. The number of hydrogen-bond donors (Lipinski definition) is 1. The summed E-state index contributed by atoms with van der Waals surface area (Å²) in [6.45, 7) is 2.14. The Balaban J connectivity index is 2.88. The first-order valence-corrected chi connectivity index (χ1v) is 4.62. The van der Waals surface area contributed by atoms with Crippen LogP contribution in [0, 0.1) is 11.6 Å². The number of rotatable bonds is 5. The van der Waals surface area contributed by atoms with Gasteiger partial charge >= 0.3 is 0 Å². The molecule has 0 heterocycles. The van der Waals surface area contributed by atoms with Gasteiger partial charge in [-0.25, -0.2) is 10.3 Å². The fraction of sp³-hybridized carbons (Fsp3) is 0.400. The van der Waals surface area contributed by atoms with Gasteiger partial charge in [-0.3, -0.25) is 0 Å². The van der Waals surface area contributed by atoms with Crippen LogP contribution >= 0.6 is 0 Å². The average Bonchev–Trinajstić information content (AvgIpc) is 2.24. The molecular formula is C10H13F2NO2. The Morgan fingerprint density at radius 1 is 1.27 bits per heavy atom. The van der Waals surface area contributed by atoms with E-state index < -0.39 is 11.6 Å². The van der Waals surface area contributed by atoms with Gasteiger partial charge in [0.1, 0.15) is 0 Å². The summed E-state index contributed by atoms with van der Waals surface area (Å²) in [6.07, 6.45) is 0.228. The largest absolute Gasteiger partial charge is 0.491 e. The van der Waals surface area contributed by atoms with E-state index in [0.29, 0.717) is 6.61 Å². The molecule has 2 N–H and O–H groups in total. The van der Waals surface area contributed by atoms with E-state index in [0.717, 1.165) is 0 Å². The molecule has 84 valence electrons. The predicted molar refractivity (Wildman–Crippen MR) is 51.4 cm³/mol. The Morgan fingerprint density at radius 2 is 2.00 bits per heavy atom. The van der Waals surface area contributed by atoms with Crippen molar-refractivity contribution in [1.29, 1.82) is 0 Å². The lowest BCUT2D eigenvalue weighted by atomic mass is 10.1. The molecule has 0 saturated carbocycles. The minimum Gasteiger partial charge on any atom is -0.491 e. The molecule has 0 fully saturated rings. The molecule has 0 saturated heterocycles. The molecule has 0 aliphatic carbocycles. The van der Waals surface area contributed by atoms with Gasteiger partial charge in [0.15, 0.2) is 11.6 Å². The van der Waals surface area contributed by atoms with Crippen LogP contribution in [-0.4, -0.2) is 13.2 Å². The minimum atomic E-state index is -0.966. The molecule has 1 aromatic rings. The van der Waals surface area contributed by atoms with Crippen molar-refractivity contribution in [2.45, 2.75) is 13.3 Å². The van der Waals surface area contributed by atoms with Gasteiger partial charge in [0.25, 0.3) is 0 Å². The first-order chi connectivity index (χ1) is 7.20. The molecular weight excluding hydrogens is 204 g/mol. The third-order valence-corrected chi connectivity index (χ3v) is 1.92. The van der Waals surface area contributed by atoms with Gasteiger partial charge in [-0.2, -0.15) is 4.39 Å². The predicted octanol–water partition coefficient (Wildman–Crippen LogP) is 1.80. The van der Waals surface area contributed by atoms with Gasteiger partial charge in [0.2, 0.25) is 5.82 Å². The normalized spacial score (nSPS) is 10.4. The number of halogens is 2. The summed E-state index contributed by atoms with van der Waals surface area (Å²) in [5.74, 6) is 2.85. The molecule has 0 amide bonds. The standard InChI is InChI=1S/C10H13F2NO2/c1-2-14-8-4-3-7(5-6-15-13)9(11)10(8)12/h3-4H,2,5-6,13H2,1H3. The molecule has 1 rings (SSSR count). The Labute approximate surface area is 86.7 Å². The molecule has 15 heavy (non-hydrogen) atoms. The monoisotopic (exact) mass is 217 g/mol. The maximum Gasteiger partial charge on any atom is 0.200 e. The van der Waals surface area contributed by atoms with Gasteiger partial charge < -0.3 is 9.57 Å². The Kier molecular flexibility index (Phi) is 4.45. The SMILES string of the molecule is CCOc1ccc(CCON)c(F)c1F. The van der Waals surface area contributed by atoms with E-state index >= 15 is 0 Å². The van der Waals surface area contributed by atoms with Crippen LogP contribution in [0.5, 0.6) is 5.75 Å². The minimum absolute atomic E-state index is 0.0765. The molecule has 0 unspecified atom stereocenters. The van der Waals surface area contributed by atoms with Gasteiger partial charge in [-0.05, 0) is 18.6 Å². The number of nitrogens with two attached hydrogens (primary N) is 1. The highest BCUT2D eigenvalue weighted by Crippen LogP contribution is 2.22. The van der Waals surface area contributed by atoms with Crippen LogP contribution in [0.3, 0.4) is 0 Å². The second kappa shape index (κ2) is 5.63. The van der Waals surface area contributed by atoms with E-state index in [1.165, 1.54) is 12.1 Å². The molecule has 3 nitrogen and oxygen atoms in total. The van der Waals surface area contributed by atoms with Crippen molar-refractivity contribution in [2.75, 3.05) is 13.2 Å². The third kappa shape index (κ3) is 2.87. The summed E-state index contributed by atoms with van der Waals surface area (Å²) in [4.78, 5) is 4.30. The molecule has 0 aromatic heterocycles. The summed E-state index contributed by atoms with van der Waals surface area (Å²) in [7, 11) is 0. The zero-order chi connectivity index (χ0) is 11.3.